The van der Waals surface area contributed by atoms with Gasteiger partial charge in [0.05, 0.1) is 5.54 Å². The van der Waals surface area contributed by atoms with E-state index >= 15 is 0 Å². The van der Waals surface area contributed by atoms with E-state index in [2.05, 4.69) is 5.32 Å². The Kier molecular flexibility index (Phi) is 4.12. The van der Waals surface area contributed by atoms with Gasteiger partial charge < -0.3 is 11.1 Å². The molecule has 0 atom stereocenters. The van der Waals surface area contributed by atoms with E-state index in [9.17, 15) is 9.18 Å². The minimum absolute atomic E-state index is 0.197. The summed E-state index contributed by atoms with van der Waals surface area (Å²) in [5.41, 5.74) is 5.52. The lowest BCUT2D eigenvalue weighted by Gasteiger charge is -2.28. The molecule has 1 aromatic rings. The van der Waals surface area contributed by atoms with E-state index in [0.29, 0.717) is 6.54 Å². The van der Waals surface area contributed by atoms with Crippen molar-refractivity contribution in [3.63, 3.8) is 0 Å². The van der Waals surface area contributed by atoms with Gasteiger partial charge in [-0.25, -0.2) is 4.39 Å². The zero-order valence-electron chi connectivity index (χ0n) is 11.4. The molecule has 0 heterocycles. The van der Waals surface area contributed by atoms with Gasteiger partial charge >= 0.3 is 0 Å². The molecule has 0 unspecified atom stereocenters. The zero-order chi connectivity index (χ0) is 14.0. The van der Waals surface area contributed by atoms with Crippen molar-refractivity contribution >= 4 is 5.91 Å². The van der Waals surface area contributed by atoms with Gasteiger partial charge in [0, 0.05) is 12.0 Å². The Morgan fingerprint density at radius 1 is 1.22 bits per heavy atom. The Bertz CT molecular complexity index is 418. The molecule has 4 heteroatoms. The average Bonchev–Trinajstić information content (AvgIpc) is 2.25. The SMILES string of the molecule is CC(C)(N)C(=O)NCC(C)(C)c1ccc(F)cc1. The van der Waals surface area contributed by atoms with Crippen LogP contribution in [0.5, 0.6) is 0 Å². The number of hydrogen-bond donors (Lipinski definition) is 2. The van der Waals surface area contributed by atoms with Gasteiger partial charge in [-0.2, -0.15) is 0 Å². The molecule has 3 N–H and O–H groups in total. The predicted octanol–water partition coefficient (Wildman–Crippen LogP) is 1.96. The first-order valence-corrected chi connectivity index (χ1v) is 5.96. The van der Waals surface area contributed by atoms with Gasteiger partial charge in [0.25, 0.3) is 0 Å². The molecule has 3 nitrogen and oxygen atoms in total. The van der Waals surface area contributed by atoms with E-state index in [0.717, 1.165) is 5.56 Å². The summed E-state index contributed by atoms with van der Waals surface area (Å²) in [6.45, 7) is 7.76. The Hall–Kier alpha value is -1.42. The first-order chi connectivity index (χ1) is 8.13. The molecule has 100 valence electrons. The molecule has 18 heavy (non-hydrogen) atoms. The van der Waals surface area contributed by atoms with Crippen LogP contribution in [-0.2, 0) is 10.2 Å². The van der Waals surface area contributed by atoms with Gasteiger partial charge in [-0.05, 0) is 31.5 Å². The van der Waals surface area contributed by atoms with Crippen LogP contribution in [0.1, 0.15) is 33.3 Å². The number of nitrogens with one attached hydrogen (secondary N) is 1. The highest BCUT2D eigenvalue weighted by atomic mass is 19.1. The minimum Gasteiger partial charge on any atom is -0.354 e. The third kappa shape index (κ3) is 3.81. The van der Waals surface area contributed by atoms with Crippen molar-refractivity contribution in [1.29, 1.82) is 0 Å². The Morgan fingerprint density at radius 3 is 2.17 bits per heavy atom. The van der Waals surface area contributed by atoms with Crippen LogP contribution in [0.4, 0.5) is 4.39 Å². The number of rotatable bonds is 4. The molecule has 0 aromatic heterocycles. The third-order valence-corrected chi connectivity index (χ3v) is 2.90. The lowest BCUT2D eigenvalue weighted by Crippen LogP contribution is -2.51. The lowest BCUT2D eigenvalue weighted by atomic mass is 9.84. The molecular formula is C14H21FN2O. The smallest absolute Gasteiger partial charge is 0.239 e. The van der Waals surface area contributed by atoms with E-state index in [1.165, 1.54) is 12.1 Å². The van der Waals surface area contributed by atoms with Crippen molar-refractivity contribution in [1.82, 2.24) is 5.32 Å². The van der Waals surface area contributed by atoms with E-state index in [1.54, 1.807) is 26.0 Å². The summed E-state index contributed by atoms with van der Waals surface area (Å²) in [5, 5.41) is 2.82. The fourth-order valence-corrected chi connectivity index (χ4v) is 1.53. The minimum atomic E-state index is -0.890. The summed E-state index contributed by atoms with van der Waals surface area (Å²) in [4.78, 5) is 11.7. The van der Waals surface area contributed by atoms with Gasteiger partial charge in [-0.1, -0.05) is 26.0 Å². The molecule has 0 aliphatic rings. The van der Waals surface area contributed by atoms with E-state index in [1.807, 2.05) is 13.8 Å². The summed E-state index contributed by atoms with van der Waals surface area (Å²) >= 11 is 0. The molecule has 0 bridgehead atoms. The Labute approximate surface area is 108 Å². The molecule has 0 spiro atoms. The molecule has 0 saturated carbocycles. The maximum absolute atomic E-state index is 12.9. The highest BCUT2D eigenvalue weighted by molar-refractivity contribution is 5.85. The molecule has 1 amide bonds. The molecule has 1 aromatic carbocycles. The maximum atomic E-state index is 12.9. The van der Waals surface area contributed by atoms with Gasteiger partial charge in [0.1, 0.15) is 5.82 Å². The standard InChI is InChI=1S/C14H21FN2O/c1-13(2,9-17-12(18)14(3,4)16)10-5-7-11(15)8-6-10/h5-8H,9,16H2,1-4H3,(H,17,18). The largest absolute Gasteiger partial charge is 0.354 e. The zero-order valence-corrected chi connectivity index (χ0v) is 11.4. The quantitative estimate of drug-likeness (QED) is 0.860. The van der Waals surface area contributed by atoms with Crippen LogP contribution in [-0.4, -0.2) is 18.0 Å². The number of halogens is 1. The average molecular weight is 252 g/mol. The number of nitrogens with two attached hydrogens (primary N) is 1. The fourth-order valence-electron chi connectivity index (χ4n) is 1.53. The first-order valence-electron chi connectivity index (χ1n) is 5.96. The molecule has 0 saturated heterocycles. The molecule has 1 rings (SSSR count). The summed E-state index contributed by atoms with van der Waals surface area (Å²) in [7, 11) is 0. The fraction of sp³-hybridized carbons (Fsp3) is 0.500. The van der Waals surface area contributed by atoms with Crippen molar-refractivity contribution in [3.05, 3.63) is 35.6 Å². The van der Waals surface area contributed by atoms with Crippen LogP contribution in [0, 0.1) is 5.82 Å². The highest BCUT2D eigenvalue weighted by Gasteiger charge is 2.26. The Balaban J connectivity index is 2.71. The van der Waals surface area contributed by atoms with Crippen LogP contribution < -0.4 is 11.1 Å². The van der Waals surface area contributed by atoms with Crippen LogP contribution in [0.3, 0.4) is 0 Å². The number of carbonyl (C=O) groups excluding carboxylic acids is 1. The number of carbonyl (C=O) groups is 1. The van der Waals surface area contributed by atoms with Gasteiger partial charge in [0.2, 0.25) is 5.91 Å². The van der Waals surface area contributed by atoms with Crippen molar-refractivity contribution in [2.24, 2.45) is 5.73 Å². The summed E-state index contributed by atoms with van der Waals surface area (Å²) in [6.07, 6.45) is 0. The molecule has 0 aliphatic heterocycles. The van der Waals surface area contributed by atoms with Crippen molar-refractivity contribution in [2.75, 3.05) is 6.54 Å². The number of benzene rings is 1. The van der Waals surface area contributed by atoms with Gasteiger partial charge in [-0.3, -0.25) is 4.79 Å². The first kappa shape index (κ1) is 14.6. The van der Waals surface area contributed by atoms with Crippen LogP contribution >= 0.6 is 0 Å². The number of amides is 1. The highest BCUT2D eigenvalue weighted by Crippen LogP contribution is 2.22. The maximum Gasteiger partial charge on any atom is 0.239 e. The monoisotopic (exact) mass is 252 g/mol. The lowest BCUT2D eigenvalue weighted by molar-refractivity contribution is -0.125. The second-order valence-corrected chi connectivity index (χ2v) is 5.80. The van der Waals surface area contributed by atoms with Crippen LogP contribution in [0.15, 0.2) is 24.3 Å². The third-order valence-electron chi connectivity index (χ3n) is 2.90. The second-order valence-electron chi connectivity index (χ2n) is 5.80. The van der Waals surface area contributed by atoms with E-state index < -0.39 is 5.54 Å². The summed E-state index contributed by atoms with van der Waals surface area (Å²) in [6, 6.07) is 6.31. The van der Waals surface area contributed by atoms with Crippen LogP contribution in [0.25, 0.3) is 0 Å². The van der Waals surface area contributed by atoms with Crippen molar-refractivity contribution in [3.8, 4) is 0 Å². The predicted molar refractivity (Wildman–Crippen MR) is 70.7 cm³/mol. The van der Waals surface area contributed by atoms with E-state index in [4.69, 9.17) is 5.73 Å². The second kappa shape index (κ2) is 5.06. The van der Waals surface area contributed by atoms with Crippen molar-refractivity contribution < 1.29 is 9.18 Å². The topological polar surface area (TPSA) is 55.1 Å². The van der Waals surface area contributed by atoms with Gasteiger partial charge in [0.15, 0.2) is 0 Å². The summed E-state index contributed by atoms with van der Waals surface area (Å²) in [5.74, 6) is -0.459. The molecule has 0 aliphatic carbocycles. The van der Waals surface area contributed by atoms with Gasteiger partial charge in [-0.15, -0.1) is 0 Å². The number of hydrogen-bond acceptors (Lipinski definition) is 2. The molecular weight excluding hydrogens is 231 g/mol. The molecule has 0 radical (unpaired) electrons. The van der Waals surface area contributed by atoms with Crippen LogP contribution in [0.2, 0.25) is 0 Å². The summed E-state index contributed by atoms with van der Waals surface area (Å²) < 4.78 is 12.9. The molecule has 0 fully saturated rings. The normalized spacial score (nSPS) is 12.3. The van der Waals surface area contributed by atoms with E-state index in [-0.39, 0.29) is 17.1 Å². The van der Waals surface area contributed by atoms with Crippen molar-refractivity contribution in [2.45, 2.75) is 38.6 Å². The Morgan fingerprint density at radius 2 is 1.72 bits per heavy atom.